The summed E-state index contributed by atoms with van der Waals surface area (Å²) in [4.78, 5) is 0. The lowest BCUT2D eigenvalue weighted by Crippen LogP contribution is -1.93. The maximum atomic E-state index is 9.72. The molecule has 3 nitrogen and oxygen atoms in total. The number of rotatable bonds is 3. The van der Waals surface area contributed by atoms with Gasteiger partial charge < -0.3 is 15.9 Å². The molecule has 0 radical (unpaired) electrons. The monoisotopic (exact) mass is 263 g/mol. The van der Waals surface area contributed by atoms with E-state index in [0.717, 1.165) is 17.7 Å². The van der Waals surface area contributed by atoms with E-state index in [-0.39, 0.29) is 16.5 Å². The number of phenolic OH excluding ortho intramolecular Hbond substituents is 2. The first-order valence-corrected chi connectivity index (χ1v) is 5.99. The quantitative estimate of drug-likeness (QED) is 0.589. The van der Waals surface area contributed by atoms with Gasteiger partial charge in [0, 0.05) is 11.8 Å². The Hall–Kier alpha value is -1.87. The summed E-state index contributed by atoms with van der Waals surface area (Å²) >= 11 is 5.70. The van der Waals surface area contributed by atoms with Crippen molar-refractivity contribution in [3.8, 4) is 11.5 Å². The Morgan fingerprint density at radius 1 is 0.944 bits per heavy atom. The zero-order chi connectivity index (χ0) is 13.1. The lowest BCUT2D eigenvalue weighted by atomic mass is 10.0. The Labute approximate surface area is 110 Å². The van der Waals surface area contributed by atoms with Crippen LogP contribution in [0, 0.1) is 0 Å². The predicted octanol–water partition coefficient (Wildman–Crippen LogP) is 3.12. The van der Waals surface area contributed by atoms with Crippen LogP contribution in [-0.2, 0) is 12.8 Å². The molecular formula is C14H14ClNO2. The van der Waals surface area contributed by atoms with Gasteiger partial charge in [-0.15, -0.1) is 0 Å². The van der Waals surface area contributed by atoms with E-state index in [1.54, 1.807) is 0 Å². The van der Waals surface area contributed by atoms with Crippen LogP contribution in [0.15, 0.2) is 36.4 Å². The molecule has 0 fully saturated rings. The molecule has 4 heteroatoms. The van der Waals surface area contributed by atoms with Gasteiger partial charge in [0.25, 0.3) is 0 Å². The minimum absolute atomic E-state index is 0.0122. The number of hydrogen-bond acceptors (Lipinski definition) is 3. The Bertz CT molecular complexity index is 552. The van der Waals surface area contributed by atoms with E-state index in [2.05, 4.69) is 0 Å². The molecule has 0 aliphatic heterocycles. The maximum absolute atomic E-state index is 9.72. The molecule has 0 spiro atoms. The standard InChI is InChI=1S/C14H14ClNO2/c15-12-8-13(17)10(7-14(12)18)4-1-9-2-5-11(16)6-3-9/h2-3,5-8,17-18H,1,4,16H2. The summed E-state index contributed by atoms with van der Waals surface area (Å²) in [6.45, 7) is 0. The molecule has 18 heavy (non-hydrogen) atoms. The van der Waals surface area contributed by atoms with E-state index >= 15 is 0 Å². The normalized spacial score (nSPS) is 10.5. The minimum Gasteiger partial charge on any atom is -0.508 e. The molecule has 2 rings (SSSR count). The second-order valence-corrected chi connectivity index (χ2v) is 4.58. The van der Waals surface area contributed by atoms with Crippen LogP contribution in [0.5, 0.6) is 11.5 Å². The summed E-state index contributed by atoms with van der Waals surface area (Å²) in [6.07, 6.45) is 1.38. The largest absolute Gasteiger partial charge is 0.508 e. The van der Waals surface area contributed by atoms with Gasteiger partial charge in [-0.2, -0.15) is 0 Å². The Morgan fingerprint density at radius 3 is 2.28 bits per heavy atom. The Kier molecular flexibility index (Phi) is 3.63. The van der Waals surface area contributed by atoms with E-state index in [1.165, 1.54) is 12.1 Å². The lowest BCUT2D eigenvalue weighted by Gasteiger charge is -2.07. The molecule has 0 atom stereocenters. The average Bonchev–Trinajstić information content (AvgIpc) is 2.34. The highest BCUT2D eigenvalue weighted by atomic mass is 35.5. The summed E-state index contributed by atoms with van der Waals surface area (Å²) in [5, 5.41) is 19.4. The van der Waals surface area contributed by atoms with Crippen molar-refractivity contribution < 1.29 is 10.2 Å². The third-order valence-electron chi connectivity index (χ3n) is 2.81. The first kappa shape index (κ1) is 12.6. The van der Waals surface area contributed by atoms with Crippen molar-refractivity contribution in [3.63, 3.8) is 0 Å². The van der Waals surface area contributed by atoms with E-state index in [0.29, 0.717) is 12.0 Å². The molecule has 0 saturated carbocycles. The van der Waals surface area contributed by atoms with Crippen LogP contribution in [0.4, 0.5) is 5.69 Å². The van der Waals surface area contributed by atoms with Crippen LogP contribution in [0.1, 0.15) is 11.1 Å². The van der Waals surface area contributed by atoms with E-state index in [1.807, 2.05) is 24.3 Å². The molecule has 94 valence electrons. The number of hydrogen-bond donors (Lipinski definition) is 3. The topological polar surface area (TPSA) is 66.5 Å². The van der Waals surface area contributed by atoms with Gasteiger partial charge in [0.1, 0.15) is 11.5 Å². The number of aryl methyl sites for hydroxylation is 2. The van der Waals surface area contributed by atoms with Crippen LogP contribution in [0.2, 0.25) is 5.02 Å². The first-order chi connectivity index (χ1) is 8.56. The number of nitrogens with two attached hydrogens (primary N) is 1. The molecule has 0 bridgehead atoms. The first-order valence-electron chi connectivity index (χ1n) is 5.61. The summed E-state index contributed by atoms with van der Waals surface area (Å²) < 4.78 is 0. The fraction of sp³-hybridized carbons (Fsp3) is 0.143. The zero-order valence-corrected chi connectivity index (χ0v) is 10.5. The van der Waals surface area contributed by atoms with Crippen molar-refractivity contribution in [1.82, 2.24) is 0 Å². The number of anilines is 1. The Balaban J connectivity index is 2.10. The van der Waals surface area contributed by atoms with E-state index in [4.69, 9.17) is 17.3 Å². The number of benzene rings is 2. The molecular weight excluding hydrogens is 250 g/mol. The smallest absolute Gasteiger partial charge is 0.134 e. The van der Waals surface area contributed by atoms with Crippen LogP contribution in [0.25, 0.3) is 0 Å². The van der Waals surface area contributed by atoms with Crippen molar-refractivity contribution in [2.45, 2.75) is 12.8 Å². The van der Waals surface area contributed by atoms with E-state index in [9.17, 15) is 10.2 Å². The van der Waals surface area contributed by atoms with Crippen molar-refractivity contribution >= 4 is 17.3 Å². The third-order valence-corrected chi connectivity index (χ3v) is 3.11. The minimum atomic E-state index is -0.0122. The molecule has 0 aromatic heterocycles. The van der Waals surface area contributed by atoms with Crippen LogP contribution < -0.4 is 5.73 Å². The highest BCUT2D eigenvalue weighted by Gasteiger charge is 2.07. The lowest BCUT2D eigenvalue weighted by molar-refractivity contribution is 0.454. The summed E-state index contributed by atoms with van der Waals surface area (Å²) in [7, 11) is 0. The van der Waals surface area contributed by atoms with Crippen molar-refractivity contribution in [2.24, 2.45) is 0 Å². The number of phenols is 2. The van der Waals surface area contributed by atoms with Gasteiger partial charge in [0.2, 0.25) is 0 Å². The second kappa shape index (κ2) is 5.19. The molecule has 0 amide bonds. The van der Waals surface area contributed by atoms with Gasteiger partial charge in [-0.05, 0) is 42.2 Å². The molecule has 0 heterocycles. The SMILES string of the molecule is Nc1ccc(CCc2cc(O)c(Cl)cc2O)cc1. The van der Waals surface area contributed by atoms with Gasteiger partial charge in [0.15, 0.2) is 0 Å². The van der Waals surface area contributed by atoms with Crippen molar-refractivity contribution in [3.05, 3.63) is 52.5 Å². The van der Waals surface area contributed by atoms with Gasteiger partial charge in [-0.25, -0.2) is 0 Å². The predicted molar refractivity (Wildman–Crippen MR) is 73.0 cm³/mol. The average molecular weight is 264 g/mol. The highest BCUT2D eigenvalue weighted by molar-refractivity contribution is 6.32. The van der Waals surface area contributed by atoms with Gasteiger partial charge >= 0.3 is 0 Å². The fourth-order valence-corrected chi connectivity index (χ4v) is 1.92. The molecule has 0 aliphatic carbocycles. The maximum Gasteiger partial charge on any atom is 0.134 e. The van der Waals surface area contributed by atoms with Crippen LogP contribution >= 0.6 is 11.6 Å². The number of nitrogen functional groups attached to an aromatic ring is 1. The summed E-state index contributed by atoms with van der Waals surface area (Å²) in [6, 6.07) is 10.4. The summed E-state index contributed by atoms with van der Waals surface area (Å²) in [5.41, 5.74) is 8.13. The molecule has 0 aliphatic rings. The van der Waals surface area contributed by atoms with Crippen molar-refractivity contribution in [2.75, 3.05) is 5.73 Å². The molecule has 4 N–H and O–H groups in total. The molecule has 0 unspecified atom stereocenters. The number of halogens is 1. The molecule has 2 aromatic carbocycles. The van der Waals surface area contributed by atoms with Crippen LogP contribution in [0.3, 0.4) is 0 Å². The van der Waals surface area contributed by atoms with Crippen LogP contribution in [-0.4, -0.2) is 10.2 Å². The number of aromatic hydroxyl groups is 2. The van der Waals surface area contributed by atoms with Gasteiger partial charge in [-0.1, -0.05) is 23.7 Å². The second-order valence-electron chi connectivity index (χ2n) is 4.17. The van der Waals surface area contributed by atoms with Gasteiger partial charge in [-0.3, -0.25) is 0 Å². The molecule has 0 saturated heterocycles. The summed E-state index contributed by atoms with van der Waals surface area (Å²) in [5.74, 6) is 0.0926. The highest BCUT2D eigenvalue weighted by Crippen LogP contribution is 2.31. The van der Waals surface area contributed by atoms with Gasteiger partial charge in [0.05, 0.1) is 5.02 Å². The zero-order valence-electron chi connectivity index (χ0n) is 9.73. The molecule has 2 aromatic rings. The third kappa shape index (κ3) is 2.87. The van der Waals surface area contributed by atoms with E-state index < -0.39 is 0 Å². The van der Waals surface area contributed by atoms with Crippen molar-refractivity contribution in [1.29, 1.82) is 0 Å². The Morgan fingerprint density at radius 2 is 1.61 bits per heavy atom. The fourth-order valence-electron chi connectivity index (χ4n) is 1.76.